The summed E-state index contributed by atoms with van der Waals surface area (Å²) in [6.45, 7) is 1.43. The molecule has 0 aliphatic carbocycles. The van der Waals surface area contributed by atoms with E-state index in [0.717, 1.165) is 22.3 Å². The number of benzene rings is 2. The maximum atomic E-state index is 6.08. The molecule has 8 bridgehead atoms. The topological polar surface area (TPSA) is 120 Å². The number of nitrogens with one attached hydrogen (secondary N) is 2. The molecule has 2 aromatic carbocycles. The fourth-order valence-corrected chi connectivity index (χ4v) is 3.57. The van der Waals surface area contributed by atoms with Crippen LogP contribution >= 0.6 is 23.2 Å². The first-order chi connectivity index (χ1) is 16.6. The lowest BCUT2D eigenvalue weighted by Crippen LogP contribution is -2.09. The Morgan fingerprint density at radius 1 is 0.588 bits per heavy atom. The van der Waals surface area contributed by atoms with Crippen molar-refractivity contribution in [3.05, 3.63) is 81.4 Å². The maximum absolute atomic E-state index is 6.08. The number of hydrogen-bond acceptors (Lipinski definition) is 10. The van der Waals surface area contributed by atoms with Gasteiger partial charge in [-0.2, -0.15) is 29.9 Å². The number of halogens is 2. The monoisotopic (exact) mass is 496 g/mol. The third kappa shape index (κ3) is 5.77. The van der Waals surface area contributed by atoms with Crippen LogP contribution in [0.1, 0.15) is 22.3 Å². The lowest BCUT2D eigenvalue weighted by molar-refractivity contribution is 0.274. The summed E-state index contributed by atoms with van der Waals surface area (Å²) < 4.78 is 11.5. The fraction of sp³-hybridized carbons (Fsp3) is 0.182. The van der Waals surface area contributed by atoms with Crippen LogP contribution in [-0.2, 0) is 26.3 Å². The Bertz CT molecular complexity index is 1140. The van der Waals surface area contributed by atoms with E-state index in [4.69, 9.17) is 32.7 Å². The Hall–Kier alpha value is -3.76. The van der Waals surface area contributed by atoms with Crippen molar-refractivity contribution in [2.45, 2.75) is 26.3 Å². The van der Waals surface area contributed by atoms with E-state index in [0.29, 0.717) is 25.0 Å². The zero-order chi connectivity index (χ0) is 23.3. The molecule has 2 N–H and O–H groups in total. The van der Waals surface area contributed by atoms with Crippen molar-refractivity contribution in [2.24, 2.45) is 0 Å². The molecule has 10 nitrogen and oxygen atoms in total. The number of aromatic nitrogens is 6. The summed E-state index contributed by atoms with van der Waals surface area (Å²) in [5.41, 5.74) is 3.83. The summed E-state index contributed by atoms with van der Waals surface area (Å²) in [7, 11) is 0. The van der Waals surface area contributed by atoms with Gasteiger partial charge in [-0.1, -0.05) is 42.5 Å². The molecule has 12 heteroatoms. The van der Waals surface area contributed by atoms with Gasteiger partial charge in [-0.05, 0) is 51.5 Å². The Balaban J connectivity index is 1.45. The molecule has 4 aromatic rings. The van der Waals surface area contributed by atoms with E-state index in [1.54, 1.807) is 0 Å². The Morgan fingerprint density at radius 2 is 1.03 bits per heavy atom. The number of fused-ring (bicyclic) bond motifs is 8. The van der Waals surface area contributed by atoms with E-state index in [-0.39, 0.29) is 35.8 Å². The van der Waals surface area contributed by atoms with E-state index in [1.807, 2.05) is 48.5 Å². The van der Waals surface area contributed by atoms with Crippen molar-refractivity contribution in [1.82, 2.24) is 29.9 Å². The molecule has 0 fully saturated rings. The predicted octanol–water partition coefficient (Wildman–Crippen LogP) is 4.06. The molecule has 0 saturated heterocycles. The average Bonchev–Trinajstić information content (AvgIpc) is 2.83. The third-order valence-corrected chi connectivity index (χ3v) is 5.13. The molecule has 0 spiro atoms. The van der Waals surface area contributed by atoms with E-state index in [9.17, 15) is 0 Å². The summed E-state index contributed by atoms with van der Waals surface area (Å²) in [4.78, 5) is 25.0. The van der Waals surface area contributed by atoms with Crippen LogP contribution < -0.4 is 20.1 Å². The second-order valence-electron chi connectivity index (χ2n) is 7.35. The van der Waals surface area contributed by atoms with E-state index in [1.165, 1.54) is 0 Å². The average molecular weight is 497 g/mol. The minimum absolute atomic E-state index is 0.0436. The Labute approximate surface area is 204 Å². The quantitative estimate of drug-likeness (QED) is 0.368. The van der Waals surface area contributed by atoms with E-state index in [2.05, 4.69) is 40.5 Å². The molecule has 172 valence electrons. The van der Waals surface area contributed by atoms with Crippen molar-refractivity contribution >= 4 is 35.1 Å². The molecule has 0 unspecified atom stereocenters. The number of anilines is 2. The highest BCUT2D eigenvalue weighted by Gasteiger charge is 2.10. The first-order valence-corrected chi connectivity index (χ1v) is 11.1. The smallest absolute Gasteiger partial charge is 0.322 e. The highest BCUT2D eigenvalue weighted by molar-refractivity contribution is 6.28. The molecule has 0 radical (unpaired) electrons. The molecular formula is C22H18Cl2N8O2. The number of nitrogens with zero attached hydrogens (tertiary/aromatic N) is 6. The van der Waals surface area contributed by atoms with Gasteiger partial charge in [0.2, 0.25) is 22.5 Å². The van der Waals surface area contributed by atoms with Gasteiger partial charge in [0.1, 0.15) is 13.2 Å². The van der Waals surface area contributed by atoms with Crippen LogP contribution in [0.5, 0.6) is 12.0 Å². The molecule has 34 heavy (non-hydrogen) atoms. The van der Waals surface area contributed by atoms with Gasteiger partial charge < -0.3 is 20.1 Å². The van der Waals surface area contributed by atoms with Crippen LogP contribution in [0.3, 0.4) is 0 Å². The van der Waals surface area contributed by atoms with Crippen molar-refractivity contribution in [2.75, 3.05) is 10.6 Å². The standard InChI is InChI=1S/C22H18Cl2N8O2/c23-17-27-19-25-9-13-3-1-4-14(7-13)10-26-20-28-18(24)30-22(32-20)34-12-16-6-2-5-15(8-16)11-33-21(29-17)31-19/h1-8H,9-12H2,(H,25,27,29,31)(H,26,28,30,32). The van der Waals surface area contributed by atoms with Gasteiger partial charge in [-0.3, -0.25) is 0 Å². The summed E-state index contributed by atoms with van der Waals surface area (Å²) in [6.07, 6.45) is 0. The molecule has 0 saturated carbocycles. The largest absolute Gasteiger partial charge is 0.458 e. The van der Waals surface area contributed by atoms with Crippen LogP contribution in [-0.4, -0.2) is 29.9 Å². The number of rotatable bonds is 0. The molecule has 3 heterocycles. The summed E-state index contributed by atoms with van der Waals surface area (Å²) in [5.74, 6) is 0.643. The lowest BCUT2D eigenvalue weighted by atomic mass is 10.1. The highest BCUT2D eigenvalue weighted by atomic mass is 35.5. The van der Waals surface area contributed by atoms with E-state index >= 15 is 0 Å². The fourth-order valence-electron chi connectivity index (χ4n) is 3.27. The zero-order valence-electron chi connectivity index (χ0n) is 17.7. The van der Waals surface area contributed by atoms with Gasteiger partial charge >= 0.3 is 12.0 Å². The summed E-state index contributed by atoms with van der Waals surface area (Å²) in [6, 6.07) is 15.9. The van der Waals surface area contributed by atoms with E-state index < -0.39 is 0 Å². The van der Waals surface area contributed by atoms with Crippen molar-refractivity contribution in [1.29, 1.82) is 0 Å². The third-order valence-electron chi connectivity index (χ3n) is 4.80. The van der Waals surface area contributed by atoms with Crippen LogP contribution in [0.15, 0.2) is 48.5 Å². The first-order valence-electron chi connectivity index (χ1n) is 10.3. The highest BCUT2D eigenvalue weighted by Crippen LogP contribution is 2.18. The molecule has 0 atom stereocenters. The Kier molecular flexibility index (Phi) is 6.50. The maximum Gasteiger partial charge on any atom is 0.322 e. The van der Waals surface area contributed by atoms with Crippen LogP contribution in [0.25, 0.3) is 0 Å². The van der Waals surface area contributed by atoms with Gasteiger partial charge in [-0.25, -0.2) is 0 Å². The molecule has 0 amide bonds. The summed E-state index contributed by atoms with van der Waals surface area (Å²) in [5, 5.41) is 6.41. The van der Waals surface area contributed by atoms with Crippen LogP contribution in [0.2, 0.25) is 10.6 Å². The Morgan fingerprint density at radius 3 is 1.53 bits per heavy atom. The normalized spacial score (nSPS) is 13.5. The second-order valence-corrected chi connectivity index (χ2v) is 8.02. The predicted molar refractivity (Wildman–Crippen MR) is 126 cm³/mol. The first kappa shape index (κ1) is 22.1. The SMILES string of the molecule is Clc1nc2nc(n1)OCc1cccc(c1)COc1nc(Cl)nc(n1)NCc1cccc(c1)CN2. The molecule has 1 aliphatic heterocycles. The minimum Gasteiger partial charge on any atom is -0.458 e. The van der Waals surface area contributed by atoms with Gasteiger partial charge in [0.25, 0.3) is 0 Å². The molecule has 1 aliphatic rings. The van der Waals surface area contributed by atoms with Gasteiger partial charge in [0.05, 0.1) is 0 Å². The van der Waals surface area contributed by atoms with Crippen LogP contribution in [0.4, 0.5) is 11.9 Å². The van der Waals surface area contributed by atoms with Gasteiger partial charge in [0, 0.05) is 13.1 Å². The number of hydrogen-bond donors (Lipinski definition) is 2. The molecule has 2 aromatic heterocycles. The minimum atomic E-state index is 0.0436. The lowest BCUT2D eigenvalue weighted by Gasteiger charge is -2.11. The second kappa shape index (κ2) is 10.0. The zero-order valence-corrected chi connectivity index (χ0v) is 19.2. The molecule has 5 rings (SSSR count). The summed E-state index contributed by atoms with van der Waals surface area (Å²) >= 11 is 12.2. The van der Waals surface area contributed by atoms with Gasteiger partial charge in [0.15, 0.2) is 0 Å². The van der Waals surface area contributed by atoms with Crippen LogP contribution in [0, 0.1) is 0 Å². The van der Waals surface area contributed by atoms with Crippen molar-refractivity contribution < 1.29 is 9.47 Å². The molecular weight excluding hydrogens is 479 g/mol. The van der Waals surface area contributed by atoms with Gasteiger partial charge in [-0.15, -0.1) is 0 Å². The van der Waals surface area contributed by atoms with Crippen molar-refractivity contribution in [3.63, 3.8) is 0 Å². The number of ether oxygens (including phenoxy) is 2. The van der Waals surface area contributed by atoms with Crippen molar-refractivity contribution in [3.8, 4) is 12.0 Å².